The lowest BCUT2D eigenvalue weighted by Crippen LogP contribution is -2.56. The fourth-order valence-electron chi connectivity index (χ4n) is 3.16. The van der Waals surface area contributed by atoms with E-state index in [-0.39, 0.29) is 24.5 Å². The van der Waals surface area contributed by atoms with Gasteiger partial charge in [-0.2, -0.15) is 0 Å². The van der Waals surface area contributed by atoms with Crippen molar-refractivity contribution in [1.82, 2.24) is 10.2 Å². The number of morpholine rings is 1. The molecule has 0 saturated carbocycles. The molecule has 2 aliphatic rings. The van der Waals surface area contributed by atoms with Crippen molar-refractivity contribution in [2.24, 2.45) is 0 Å². The molecule has 1 aliphatic carbocycles. The number of carbonyl (C=O) groups is 2. The summed E-state index contributed by atoms with van der Waals surface area (Å²) in [5.41, 5.74) is 2.59. The number of nitrogens with zero attached hydrogens (tertiary/aromatic N) is 1. The molecule has 0 bridgehead atoms. The van der Waals surface area contributed by atoms with Crippen LogP contribution in [0, 0.1) is 0 Å². The van der Waals surface area contributed by atoms with Crippen molar-refractivity contribution in [3.05, 3.63) is 35.4 Å². The molecule has 1 atom stereocenters. The average Bonchev–Trinajstić information content (AvgIpc) is 2.89. The molecule has 1 N–H and O–H groups in total. The molecule has 0 radical (unpaired) electrons. The zero-order valence-electron chi connectivity index (χ0n) is 12.2. The number of ether oxygens (including phenoxy) is 1. The van der Waals surface area contributed by atoms with Crippen molar-refractivity contribution in [1.29, 1.82) is 0 Å². The third-order valence-corrected chi connectivity index (χ3v) is 4.23. The van der Waals surface area contributed by atoms with Crippen LogP contribution >= 0.6 is 0 Å². The van der Waals surface area contributed by atoms with Gasteiger partial charge in [0.25, 0.3) is 0 Å². The Hall–Kier alpha value is -1.88. The number of amides is 2. The quantitative estimate of drug-likeness (QED) is 0.863. The highest BCUT2D eigenvalue weighted by atomic mass is 16.5. The summed E-state index contributed by atoms with van der Waals surface area (Å²) in [6.07, 6.45) is 1.71. The molecule has 1 aromatic carbocycles. The first-order valence-corrected chi connectivity index (χ1v) is 7.37. The zero-order valence-corrected chi connectivity index (χ0v) is 12.2. The lowest BCUT2D eigenvalue weighted by Gasteiger charge is -2.34. The Balaban J connectivity index is 1.63. The van der Waals surface area contributed by atoms with Crippen LogP contribution in [0.25, 0.3) is 0 Å². The van der Waals surface area contributed by atoms with E-state index in [2.05, 4.69) is 17.4 Å². The monoisotopic (exact) mass is 288 g/mol. The molecule has 1 saturated heterocycles. The van der Waals surface area contributed by atoms with E-state index >= 15 is 0 Å². The molecule has 1 unspecified atom stereocenters. The minimum atomic E-state index is -0.500. The molecule has 0 aromatic heterocycles. The first kappa shape index (κ1) is 14.1. The van der Waals surface area contributed by atoms with Gasteiger partial charge < -0.3 is 15.0 Å². The zero-order chi connectivity index (χ0) is 14.8. The standard InChI is InChI=1S/C16H20N2O3/c1-11(19)18-6-7-21-10-15(18)16(20)17-14-8-12-4-2-3-5-13(12)9-14/h2-5,14-15H,6-10H2,1H3,(H,17,20). The van der Waals surface area contributed by atoms with E-state index in [0.717, 1.165) is 12.8 Å². The highest BCUT2D eigenvalue weighted by Gasteiger charge is 2.33. The second-order valence-electron chi connectivity index (χ2n) is 5.69. The minimum Gasteiger partial charge on any atom is -0.377 e. The number of benzene rings is 1. The molecule has 3 rings (SSSR count). The molecule has 1 aromatic rings. The summed E-state index contributed by atoms with van der Waals surface area (Å²) in [4.78, 5) is 25.7. The molecule has 1 fully saturated rings. The third-order valence-electron chi connectivity index (χ3n) is 4.23. The predicted molar refractivity (Wildman–Crippen MR) is 77.8 cm³/mol. The number of rotatable bonds is 2. The van der Waals surface area contributed by atoms with Crippen molar-refractivity contribution < 1.29 is 14.3 Å². The van der Waals surface area contributed by atoms with Crippen molar-refractivity contribution >= 4 is 11.8 Å². The van der Waals surface area contributed by atoms with E-state index in [0.29, 0.717) is 13.2 Å². The van der Waals surface area contributed by atoms with Crippen LogP contribution in [0.3, 0.4) is 0 Å². The molecule has 5 heteroatoms. The molecule has 5 nitrogen and oxygen atoms in total. The van der Waals surface area contributed by atoms with Gasteiger partial charge in [0.05, 0.1) is 13.2 Å². The van der Waals surface area contributed by atoms with Crippen molar-refractivity contribution in [2.75, 3.05) is 19.8 Å². The summed E-state index contributed by atoms with van der Waals surface area (Å²) < 4.78 is 5.36. The molecular formula is C16H20N2O3. The first-order chi connectivity index (χ1) is 10.1. The second kappa shape index (κ2) is 5.85. The molecule has 0 spiro atoms. The molecule has 112 valence electrons. The number of hydrogen-bond acceptors (Lipinski definition) is 3. The molecule has 2 amide bonds. The maximum atomic E-state index is 12.4. The van der Waals surface area contributed by atoms with E-state index < -0.39 is 6.04 Å². The average molecular weight is 288 g/mol. The number of fused-ring (bicyclic) bond motifs is 1. The van der Waals surface area contributed by atoms with E-state index in [4.69, 9.17) is 4.74 Å². The smallest absolute Gasteiger partial charge is 0.245 e. The Morgan fingerprint density at radius 1 is 1.24 bits per heavy atom. The van der Waals surface area contributed by atoms with Crippen molar-refractivity contribution in [2.45, 2.75) is 31.8 Å². The lowest BCUT2D eigenvalue weighted by atomic mass is 10.1. The minimum absolute atomic E-state index is 0.0758. The summed E-state index contributed by atoms with van der Waals surface area (Å²) in [5, 5.41) is 3.07. The Bertz CT molecular complexity index is 533. The number of nitrogens with one attached hydrogen (secondary N) is 1. The molecule has 21 heavy (non-hydrogen) atoms. The summed E-state index contributed by atoms with van der Waals surface area (Å²) in [6.45, 7) is 2.76. The van der Waals surface area contributed by atoms with Gasteiger partial charge in [-0.1, -0.05) is 24.3 Å². The summed E-state index contributed by atoms with van der Waals surface area (Å²) in [5.74, 6) is -0.184. The Morgan fingerprint density at radius 3 is 2.52 bits per heavy atom. The largest absolute Gasteiger partial charge is 0.377 e. The SMILES string of the molecule is CC(=O)N1CCOCC1C(=O)NC1Cc2ccccc2C1. The van der Waals surface area contributed by atoms with E-state index in [1.54, 1.807) is 4.90 Å². The molecule has 1 aliphatic heterocycles. The van der Waals surface area contributed by atoms with E-state index in [9.17, 15) is 9.59 Å². The van der Waals surface area contributed by atoms with Gasteiger partial charge in [0.15, 0.2) is 0 Å². The third kappa shape index (κ3) is 2.93. The Morgan fingerprint density at radius 2 is 1.90 bits per heavy atom. The Labute approximate surface area is 124 Å². The van der Waals surface area contributed by atoms with Crippen LogP contribution in [-0.2, 0) is 27.2 Å². The van der Waals surface area contributed by atoms with Crippen LogP contribution < -0.4 is 5.32 Å². The number of hydrogen-bond donors (Lipinski definition) is 1. The van der Waals surface area contributed by atoms with Crippen LogP contribution in [0.4, 0.5) is 0 Å². The maximum absolute atomic E-state index is 12.4. The maximum Gasteiger partial charge on any atom is 0.245 e. The van der Waals surface area contributed by atoms with Crippen molar-refractivity contribution in [3.63, 3.8) is 0 Å². The van der Waals surface area contributed by atoms with Crippen molar-refractivity contribution in [3.8, 4) is 0 Å². The number of carbonyl (C=O) groups excluding carboxylic acids is 2. The normalized spacial score (nSPS) is 22.0. The lowest BCUT2D eigenvalue weighted by molar-refractivity contribution is -0.147. The summed E-state index contributed by atoms with van der Waals surface area (Å²) >= 11 is 0. The van der Waals surface area contributed by atoms with Crippen LogP contribution in [0.2, 0.25) is 0 Å². The van der Waals surface area contributed by atoms with E-state index in [1.807, 2.05) is 12.1 Å². The highest BCUT2D eigenvalue weighted by Crippen LogP contribution is 2.22. The van der Waals surface area contributed by atoms with Gasteiger partial charge in [-0.05, 0) is 24.0 Å². The topological polar surface area (TPSA) is 58.6 Å². The van der Waals surface area contributed by atoms with Gasteiger partial charge in [0.1, 0.15) is 6.04 Å². The van der Waals surface area contributed by atoms with Crippen LogP contribution in [0.5, 0.6) is 0 Å². The fourth-order valence-corrected chi connectivity index (χ4v) is 3.16. The molecular weight excluding hydrogens is 268 g/mol. The highest BCUT2D eigenvalue weighted by molar-refractivity contribution is 5.87. The summed E-state index contributed by atoms with van der Waals surface area (Å²) in [7, 11) is 0. The Kier molecular flexibility index (Phi) is 3.92. The molecule has 1 heterocycles. The summed E-state index contributed by atoms with van der Waals surface area (Å²) in [6, 6.07) is 7.87. The van der Waals surface area contributed by atoms with Crippen LogP contribution in [0.15, 0.2) is 24.3 Å². The van der Waals surface area contributed by atoms with Gasteiger partial charge in [0.2, 0.25) is 11.8 Å². The van der Waals surface area contributed by atoms with Crippen LogP contribution in [-0.4, -0.2) is 48.6 Å². The first-order valence-electron chi connectivity index (χ1n) is 7.37. The van der Waals surface area contributed by atoms with Gasteiger partial charge in [-0.3, -0.25) is 9.59 Å². The predicted octanol–water partition coefficient (Wildman–Crippen LogP) is 0.517. The van der Waals surface area contributed by atoms with E-state index in [1.165, 1.54) is 18.1 Å². The fraction of sp³-hybridized carbons (Fsp3) is 0.500. The van der Waals surface area contributed by atoms with Gasteiger partial charge in [-0.15, -0.1) is 0 Å². The van der Waals surface area contributed by atoms with Gasteiger partial charge >= 0.3 is 0 Å². The van der Waals surface area contributed by atoms with Gasteiger partial charge in [-0.25, -0.2) is 0 Å². The van der Waals surface area contributed by atoms with Crippen LogP contribution in [0.1, 0.15) is 18.1 Å². The van der Waals surface area contributed by atoms with Gasteiger partial charge in [0, 0.05) is 19.5 Å². The second-order valence-corrected chi connectivity index (χ2v) is 5.69.